The number of benzene rings is 1. The molecule has 0 saturated heterocycles. The minimum absolute atomic E-state index is 0.625. The zero-order chi connectivity index (χ0) is 10.7. The molecule has 2 aromatic rings. The summed E-state index contributed by atoms with van der Waals surface area (Å²) in [6.07, 6.45) is 2.09. The summed E-state index contributed by atoms with van der Waals surface area (Å²) in [5, 5.41) is 13.8. The van der Waals surface area contributed by atoms with Gasteiger partial charge in [0, 0.05) is 5.56 Å². The van der Waals surface area contributed by atoms with Crippen LogP contribution < -0.4 is 0 Å². The second kappa shape index (κ2) is 4.04. The van der Waals surface area contributed by atoms with Crippen LogP contribution in [0.4, 0.5) is 0 Å². The predicted molar refractivity (Wildman–Crippen MR) is 58.9 cm³/mol. The van der Waals surface area contributed by atoms with E-state index in [9.17, 15) is 0 Å². The van der Waals surface area contributed by atoms with Crippen LogP contribution in [-0.4, -0.2) is 20.6 Å². The topological polar surface area (TPSA) is 54.5 Å². The SMILES string of the molecule is C/C=C(/C)c1ccc(-c2nn[nH]n2)cc1. The maximum Gasteiger partial charge on any atom is 0.204 e. The monoisotopic (exact) mass is 200 g/mol. The highest BCUT2D eigenvalue weighted by molar-refractivity contribution is 5.66. The first-order valence-electron chi connectivity index (χ1n) is 4.78. The Labute approximate surface area is 88.0 Å². The molecule has 0 aliphatic carbocycles. The van der Waals surface area contributed by atoms with Gasteiger partial charge in [-0.1, -0.05) is 30.3 Å². The number of nitrogens with one attached hydrogen (secondary N) is 1. The quantitative estimate of drug-likeness (QED) is 0.809. The van der Waals surface area contributed by atoms with Gasteiger partial charge >= 0.3 is 0 Å². The number of aromatic amines is 1. The van der Waals surface area contributed by atoms with Gasteiger partial charge in [-0.15, -0.1) is 10.2 Å². The van der Waals surface area contributed by atoms with Crippen molar-refractivity contribution in [2.75, 3.05) is 0 Å². The van der Waals surface area contributed by atoms with Crippen molar-refractivity contribution in [2.45, 2.75) is 13.8 Å². The fourth-order valence-corrected chi connectivity index (χ4v) is 1.33. The number of allylic oxidation sites excluding steroid dienone is 2. The molecule has 1 N–H and O–H groups in total. The van der Waals surface area contributed by atoms with Gasteiger partial charge in [0.25, 0.3) is 0 Å². The number of aromatic nitrogens is 4. The first kappa shape index (κ1) is 9.58. The van der Waals surface area contributed by atoms with E-state index < -0.39 is 0 Å². The third-order valence-electron chi connectivity index (χ3n) is 2.38. The standard InChI is InChI=1S/C11H12N4/c1-3-8(2)9-4-6-10(7-5-9)11-12-14-15-13-11/h3-7H,1-2H3,(H,12,13,14,15)/b8-3-. The van der Waals surface area contributed by atoms with Crippen LogP contribution in [-0.2, 0) is 0 Å². The Morgan fingerprint density at radius 1 is 1.27 bits per heavy atom. The van der Waals surface area contributed by atoms with Crippen LogP contribution in [0.5, 0.6) is 0 Å². The molecule has 0 aliphatic heterocycles. The van der Waals surface area contributed by atoms with Crippen LogP contribution in [0.2, 0.25) is 0 Å². The van der Waals surface area contributed by atoms with Gasteiger partial charge in [-0.3, -0.25) is 0 Å². The molecule has 0 amide bonds. The molecule has 1 heterocycles. The molecule has 0 saturated carbocycles. The van der Waals surface area contributed by atoms with Crippen molar-refractivity contribution in [3.05, 3.63) is 35.9 Å². The summed E-state index contributed by atoms with van der Waals surface area (Å²) >= 11 is 0. The summed E-state index contributed by atoms with van der Waals surface area (Å²) < 4.78 is 0. The Kier molecular flexibility index (Phi) is 2.58. The Bertz CT molecular complexity index is 454. The van der Waals surface area contributed by atoms with E-state index in [1.165, 1.54) is 11.1 Å². The summed E-state index contributed by atoms with van der Waals surface area (Å²) in [4.78, 5) is 0. The van der Waals surface area contributed by atoms with Crippen molar-refractivity contribution in [2.24, 2.45) is 0 Å². The molecular formula is C11H12N4. The lowest BCUT2D eigenvalue weighted by Gasteiger charge is -2.01. The van der Waals surface area contributed by atoms with Crippen LogP contribution in [0.25, 0.3) is 17.0 Å². The molecule has 0 atom stereocenters. The van der Waals surface area contributed by atoms with Crippen LogP contribution in [0.3, 0.4) is 0 Å². The lowest BCUT2D eigenvalue weighted by atomic mass is 10.1. The average Bonchev–Trinajstić information content (AvgIpc) is 2.82. The summed E-state index contributed by atoms with van der Waals surface area (Å²) in [5.41, 5.74) is 3.44. The van der Waals surface area contributed by atoms with Gasteiger partial charge in [0.2, 0.25) is 5.82 Å². The summed E-state index contributed by atoms with van der Waals surface area (Å²) in [5.74, 6) is 0.625. The largest absolute Gasteiger partial charge is 0.204 e. The van der Waals surface area contributed by atoms with E-state index in [2.05, 4.69) is 45.8 Å². The first-order chi connectivity index (χ1) is 7.31. The van der Waals surface area contributed by atoms with Crippen LogP contribution in [0.15, 0.2) is 30.3 Å². The Hall–Kier alpha value is -1.97. The van der Waals surface area contributed by atoms with Crippen molar-refractivity contribution >= 4 is 5.57 Å². The van der Waals surface area contributed by atoms with Crippen molar-refractivity contribution in [3.63, 3.8) is 0 Å². The fourth-order valence-electron chi connectivity index (χ4n) is 1.33. The second-order valence-corrected chi connectivity index (χ2v) is 3.28. The second-order valence-electron chi connectivity index (χ2n) is 3.28. The van der Waals surface area contributed by atoms with Gasteiger partial charge in [0.05, 0.1) is 0 Å². The normalized spacial score (nSPS) is 11.7. The lowest BCUT2D eigenvalue weighted by molar-refractivity contribution is 0.881. The molecule has 0 unspecified atom stereocenters. The molecule has 4 nitrogen and oxygen atoms in total. The maximum atomic E-state index is 3.92. The molecule has 0 radical (unpaired) electrons. The molecule has 2 rings (SSSR count). The number of hydrogen-bond acceptors (Lipinski definition) is 3. The molecule has 0 fully saturated rings. The highest BCUT2D eigenvalue weighted by atomic mass is 15.5. The van der Waals surface area contributed by atoms with Gasteiger partial charge in [0.1, 0.15) is 0 Å². The third kappa shape index (κ3) is 1.93. The Balaban J connectivity index is 2.33. The first-order valence-corrected chi connectivity index (χ1v) is 4.78. The number of tetrazole rings is 1. The third-order valence-corrected chi connectivity index (χ3v) is 2.38. The number of H-pyrrole nitrogens is 1. The predicted octanol–water partition coefficient (Wildman–Crippen LogP) is 2.29. The molecule has 1 aromatic heterocycles. The van der Waals surface area contributed by atoms with Gasteiger partial charge < -0.3 is 0 Å². The fraction of sp³-hybridized carbons (Fsp3) is 0.182. The van der Waals surface area contributed by atoms with E-state index in [0.29, 0.717) is 5.82 Å². The minimum Gasteiger partial charge on any atom is -0.177 e. The maximum absolute atomic E-state index is 3.92. The molecule has 0 aliphatic rings. The molecule has 0 bridgehead atoms. The molecular weight excluding hydrogens is 188 g/mol. The van der Waals surface area contributed by atoms with Gasteiger partial charge in [-0.05, 0) is 30.2 Å². The molecule has 4 heteroatoms. The summed E-state index contributed by atoms with van der Waals surface area (Å²) in [7, 11) is 0. The average molecular weight is 200 g/mol. The number of rotatable bonds is 2. The van der Waals surface area contributed by atoms with E-state index in [1.54, 1.807) is 0 Å². The summed E-state index contributed by atoms with van der Waals surface area (Å²) in [6, 6.07) is 8.10. The van der Waals surface area contributed by atoms with Crippen molar-refractivity contribution in [1.82, 2.24) is 20.6 Å². The van der Waals surface area contributed by atoms with Crippen molar-refractivity contribution in [1.29, 1.82) is 0 Å². The highest BCUT2D eigenvalue weighted by Gasteiger charge is 2.02. The zero-order valence-electron chi connectivity index (χ0n) is 8.73. The van der Waals surface area contributed by atoms with Crippen molar-refractivity contribution < 1.29 is 0 Å². The van der Waals surface area contributed by atoms with Crippen LogP contribution >= 0.6 is 0 Å². The van der Waals surface area contributed by atoms with Crippen LogP contribution in [0, 0.1) is 0 Å². The van der Waals surface area contributed by atoms with E-state index >= 15 is 0 Å². The number of nitrogens with zero attached hydrogens (tertiary/aromatic N) is 3. The van der Waals surface area contributed by atoms with E-state index in [4.69, 9.17) is 0 Å². The Morgan fingerprint density at radius 3 is 2.53 bits per heavy atom. The molecule has 15 heavy (non-hydrogen) atoms. The summed E-state index contributed by atoms with van der Waals surface area (Å²) in [6.45, 7) is 4.12. The van der Waals surface area contributed by atoms with Crippen molar-refractivity contribution in [3.8, 4) is 11.4 Å². The van der Waals surface area contributed by atoms with Gasteiger partial charge in [-0.2, -0.15) is 5.21 Å². The molecule has 0 spiro atoms. The van der Waals surface area contributed by atoms with Gasteiger partial charge in [0.15, 0.2) is 0 Å². The van der Waals surface area contributed by atoms with E-state index in [0.717, 1.165) is 5.56 Å². The van der Waals surface area contributed by atoms with Crippen LogP contribution in [0.1, 0.15) is 19.4 Å². The lowest BCUT2D eigenvalue weighted by Crippen LogP contribution is -1.83. The van der Waals surface area contributed by atoms with E-state index in [1.807, 2.05) is 19.1 Å². The number of hydrogen-bond donors (Lipinski definition) is 1. The zero-order valence-corrected chi connectivity index (χ0v) is 8.73. The highest BCUT2D eigenvalue weighted by Crippen LogP contribution is 2.18. The Morgan fingerprint density at radius 2 is 2.00 bits per heavy atom. The minimum atomic E-state index is 0.625. The van der Waals surface area contributed by atoms with E-state index in [-0.39, 0.29) is 0 Å². The van der Waals surface area contributed by atoms with Gasteiger partial charge in [-0.25, -0.2) is 0 Å². The molecule has 1 aromatic carbocycles. The molecule has 76 valence electrons. The smallest absolute Gasteiger partial charge is 0.177 e.